The zero-order valence-electron chi connectivity index (χ0n) is 15.8. The summed E-state index contributed by atoms with van der Waals surface area (Å²) >= 11 is 0. The van der Waals surface area contributed by atoms with Crippen LogP contribution in [0.2, 0.25) is 0 Å². The Morgan fingerprint density at radius 2 is 2.04 bits per heavy atom. The van der Waals surface area contributed by atoms with Crippen molar-refractivity contribution in [1.82, 2.24) is 10.2 Å². The maximum atomic E-state index is 9.60. The lowest BCUT2D eigenvalue weighted by atomic mass is 9.94. The second-order valence-corrected chi connectivity index (χ2v) is 7.84. The summed E-state index contributed by atoms with van der Waals surface area (Å²) in [5.74, 6) is 1.61. The summed E-state index contributed by atoms with van der Waals surface area (Å²) in [5.41, 5.74) is 2.67. The topological polar surface area (TPSA) is 44.7 Å². The first-order valence-electron chi connectivity index (χ1n) is 10.0. The number of nitrogens with one attached hydrogen (secondary N) is 1. The molecule has 1 aromatic carbocycles. The lowest BCUT2D eigenvalue weighted by Crippen LogP contribution is -2.37. The third-order valence-electron chi connectivity index (χ3n) is 5.56. The number of hydrogen-bond donors (Lipinski definition) is 2. The van der Waals surface area contributed by atoms with Crippen LogP contribution in [0, 0.1) is 0 Å². The second-order valence-electron chi connectivity index (χ2n) is 7.84. The van der Waals surface area contributed by atoms with Gasteiger partial charge in [-0.05, 0) is 56.7 Å². The molecule has 2 aliphatic rings. The molecule has 1 fully saturated rings. The van der Waals surface area contributed by atoms with E-state index in [1.165, 1.54) is 11.1 Å². The van der Waals surface area contributed by atoms with Crippen molar-refractivity contribution in [3.63, 3.8) is 0 Å². The summed E-state index contributed by atoms with van der Waals surface area (Å²) < 4.78 is 6.11. The maximum absolute atomic E-state index is 9.60. The van der Waals surface area contributed by atoms with Crippen LogP contribution in [0.15, 0.2) is 18.2 Å². The van der Waals surface area contributed by atoms with E-state index < -0.39 is 0 Å². The van der Waals surface area contributed by atoms with Crippen molar-refractivity contribution in [2.45, 2.75) is 64.0 Å². The predicted molar refractivity (Wildman–Crippen MR) is 102 cm³/mol. The van der Waals surface area contributed by atoms with Crippen LogP contribution >= 0.6 is 0 Å². The molecule has 1 saturated heterocycles. The van der Waals surface area contributed by atoms with Gasteiger partial charge in [-0.15, -0.1) is 0 Å². The van der Waals surface area contributed by atoms with E-state index >= 15 is 0 Å². The Morgan fingerprint density at radius 3 is 2.80 bits per heavy atom. The monoisotopic (exact) mass is 346 g/mol. The number of para-hydroxylation sites is 1. The first kappa shape index (κ1) is 18.7. The zero-order valence-corrected chi connectivity index (χ0v) is 15.8. The number of piperidine rings is 1. The third kappa shape index (κ3) is 4.96. The number of nitrogens with zero attached hydrogens (tertiary/aromatic N) is 1. The Kier molecular flexibility index (Phi) is 6.74. The fourth-order valence-corrected chi connectivity index (χ4v) is 4.02. The molecule has 2 heterocycles. The van der Waals surface area contributed by atoms with E-state index in [9.17, 15) is 5.11 Å². The second kappa shape index (κ2) is 9.02. The van der Waals surface area contributed by atoms with Crippen LogP contribution in [0.25, 0.3) is 0 Å². The Hall–Kier alpha value is -1.10. The summed E-state index contributed by atoms with van der Waals surface area (Å²) in [6.45, 7) is 9.55. The van der Waals surface area contributed by atoms with Gasteiger partial charge in [-0.3, -0.25) is 0 Å². The molecular formula is C21H34N2O2. The predicted octanol–water partition coefficient (Wildman–Crippen LogP) is 3.46. The van der Waals surface area contributed by atoms with E-state index in [0.29, 0.717) is 12.0 Å². The average Bonchev–Trinajstić information content (AvgIpc) is 2.82. The van der Waals surface area contributed by atoms with Crippen molar-refractivity contribution in [3.8, 4) is 5.75 Å². The normalized spacial score (nSPS) is 22.5. The Labute approximate surface area is 152 Å². The molecule has 2 aliphatic heterocycles. The number of likely N-dealkylation sites (tertiary alicyclic amines) is 1. The zero-order chi connectivity index (χ0) is 17.6. The molecule has 0 bridgehead atoms. The summed E-state index contributed by atoms with van der Waals surface area (Å²) in [6.07, 6.45) is 5.19. The highest BCUT2D eigenvalue weighted by molar-refractivity contribution is 5.45. The van der Waals surface area contributed by atoms with Gasteiger partial charge >= 0.3 is 0 Å². The number of ether oxygens (including phenoxy) is 1. The molecule has 0 radical (unpaired) electrons. The molecule has 1 atom stereocenters. The van der Waals surface area contributed by atoms with Crippen LogP contribution in [0.3, 0.4) is 0 Å². The third-order valence-corrected chi connectivity index (χ3v) is 5.56. The number of aliphatic hydroxyl groups excluding tert-OH is 1. The Morgan fingerprint density at radius 1 is 1.24 bits per heavy atom. The highest BCUT2D eigenvalue weighted by Crippen LogP contribution is 2.37. The van der Waals surface area contributed by atoms with E-state index in [1.54, 1.807) is 0 Å². The molecule has 0 spiro atoms. The van der Waals surface area contributed by atoms with Crippen molar-refractivity contribution in [1.29, 1.82) is 0 Å². The standard InChI is InChI=1S/C21H34N2O2/c1-16(2)18-6-3-7-19-20(8-4-15-25-21(18)19)22-11-5-12-23-13-9-17(24)10-14-23/h3,6-7,16-17,20,22,24H,4-5,8-15H2,1-2H3. The fourth-order valence-electron chi connectivity index (χ4n) is 4.02. The lowest BCUT2D eigenvalue weighted by molar-refractivity contribution is 0.0820. The number of fused-ring (bicyclic) bond motifs is 1. The van der Waals surface area contributed by atoms with Gasteiger partial charge in [0.1, 0.15) is 5.75 Å². The molecule has 0 aromatic heterocycles. The van der Waals surface area contributed by atoms with Crippen LogP contribution in [0.5, 0.6) is 5.75 Å². The molecule has 25 heavy (non-hydrogen) atoms. The molecule has 140 valence electrons. The van der Waals surface area contributed by atoms with Gasteiger partial charge in [-0.25, -0.2) is 0 Å². The highest BCUT2D eigenvalue weighted by Gasteiger charge is 2.22. The lowest BCUT2D eigenvalue weighted by Gasteiger charge is -2.29. The summed E-state index contributed by atoms with van der Waals surface area (Å²) in [5, 5.41) is 13.4. The van der Waals surface area contributed by atoms with Crippen LogP contribution < -0.4 is 10.1 Å². The van der Waals surface area contributed by atoms with E-state index in [2.05, 4.69) is 42.3 Å². The molecule has 0 saturated carbocycles. The number of aliphatic hydroxyl groups is 1. The van der Waals surface area contributed by atoms with E-state index in [4.69, 9.17) is 4.74 Å². The van der Waals surface area contributed by atoms with E-state index in [-0.39, 0.29) is 6.10 Å². The van der Waals surface area contributed by atoms with Crippen molar-refractivity contribution >= 4 is 0 Å². The summed E-state index contributed by atoms with van der Waals surface area (Å²) in [4.78, 5) is 2.48. The van der Waals surface area contributed by atoms with Crippen molar-refractivity contribution in [3.05, 3.63) is 29.3 Å². The van der Waals surface area contributed by atoms with Crippen LogP contribution in [0.1, 0.15) is 69.0 Å². The van der Waals surface area contributed by atoms with Gasteiger partial charge in [0, 0.05) is 24.7 Å². The smallest absolute Gasteiger partial charge is 0.127 e. The van der Waals surface area contributed by atoms with Crippen molar-refractivity contribution in [2.75, 3.05) is 32.8 Å². The van der Waals surface area contributed by atoms with Crippen molar-refractivity contribution in [2.24, 2.45) is 0 Å². The maximum Gasteiger partial charge on any atom is 0.127 e. The summed E-state index contributed by atoms with van der Waals surface area (Å²) in [6, 6.07) is 7.02. The van der Waals surface area contributed by atoms with Crippen molar-refractivity contribution < 1.29 is 9.84 Å². The quantitative estimate of drug-likeness (QED) is 0.774. The number of benzene rings is 1. The number of rotatable bonds is 6. The van der Waals surface area contributed by atoms with Crippen LogP contribution in [-0.4, -0.2) is 48.9 Å². The van der Waals surface area contributed by atoms with Gasteiger partial charge in [0.05, 0.1) is 12.7 Å². The van der Waals surface area contributed by atoms with Crippen LogP contribution in [-0.2, 0) is 0 Å². The van der Waals surface area contributed by atoms with Gasteiger partial charge < -0.3 is 20.1 Å². The highest BCUT2D eigenvalue weighted by atomic mass is 16.5. The minimum absolute atomic E-state index is 0.0768. The molecule has 1 unspecified atom stereocenters. The van der Waals surface area contributed by atoms with Gasteiger partial charge in [0.25, 0.3) is 0 Å². The molecule has 0 aliphatic carbocycles. The van der Waals surface area contributed by atoms with Gasteiger partial charge in [0.2, 0.25) is 0 Å². The molecule has 4 heteroatoms. The molecule has 2 N–H and O–H groups in total. The summed E-state index contributed by atoms with van der Waals surface area (Å²) in [7, 11) is 0. The van der Waals surface area contributed by atoms with E-state index in [1.807, 2.05) is 0 Å². The minimum Gasteiger partial charge on any atom is -0.493 e. The fraction of sp³-hybridized carbons (Fsp3) is 0.714. The van der Waals surface area contributed by atoms with Gasteiger partial charge in [-0.2, -0.15) is 0 Å². The minimum atomic E-state index is -0.0768. The van der Waals surface area contributed by atoms with Gasteiger partial charge in [-0.1, -0.05) is 32.0 Å². The first-order chi connectivity index (χ1) is 12.1. The molecule has 3 rings (SSSR count). The van der Waals surface area contributed by atoms with Crippen LogP contribution in [0.4, 0.5) is 0 Å². The van der Waals surface area contributed by atoms with E-state index in [0.717, 1.165) is 70.6 Å². The molecular weight excluding hydrogens is 312 g/mol. The SMILES string of the molecule is CC(C)c1cccc2c1OCCCC2NCCCN1CCC(O)CC1. The Bertz CT molecular complexity index is 539. The average molecular weight is 347 g/mol. The van der Waals surface area contributed by atoms with Gasteiger partial charge in [0.15, 0.2) is 0 Å². The Balaban J connectivity index is 1.54. The molecule has 0 amide bonds. The largest absolute Gasteiger partial charge is 0.493 e. The first-order valence-corrected chi connectivity index (χ1v) is 10.0. The molecule has 4 nitrogen and oxygen atoms in total. The molecule has 1 aromatic rings. The number of hydrogen-bond acceptors (Lipinski definition) is 4.